The molecule has 0 spiro atoms. The molecule has 4 aromatic rings. The lowest BCUT2D eigenvalue weighted by Crippen LogP contribution is -2.45. The lowest BCUT2D eigenvalue weighted by Gasteiger charge is -2.35. The molecular weight excluding hydrogens is 476 g/mol. The van der Waals surface area contributed by atoms with Crippen molar-refractivity contribution in [1.29, 1.82) is 5.26 Å². The summed E-state index contributed by atoms with van der Waals surface area (Å²) in [5.74, 6) is 2.51. The van der Waals surface area contributed by atoms with Gasteiger partial charge in [0.15, 0.2) is 5.78 Å². The Hall–Kier alpha value is -4.22. The van der Waals surface area contributed by atoms with Crippen molar-refractivity contribution in [1.82, 2.24) is 24.4 Å². The first-order chi connectivity index (χ1) is 18.6. The smallest absolute Gasteiger partial charge is 0.194 e. The number of methoxy groups -OCH3 is 1. The molecule has 194 valence electrons. The number of rotatable bonds is 10. The topological polar surface area (TPSA) is 99.8 Å². The number of nitrogens with zero attached hydrogens (tertiary/aromatic N) is 5. The predicted molar refractivity (Wildman–Crippen MR) is 145 cm³/mol. The summed E-state index contributed by atoms with van der Waals surface area (Å²) >= 11 is 0. The van der Waals surface area contributed by atoms with Crippen LogP contribution in [-0.2, 0) is 19.5 Å². The number of fused-ring (bicyclic) bond motifs is 1. The highest BCUT2D eigenvalue weighted by atomic mass is 16.5. The van der Waals surface area contributed by atoms with Gasteiger partial charge in [-0.25, -0.2) is 9.97 Å². The Morgan fingerprint density at radius 2 is 2.03 bits per heavy atom. The van der Waals surface area contributed by atoms with Crippen LogP contribution in [-0.4, -0.2) is 49.9 Å². The van der Waals surface area contributed by atoms with Gasteiger partial charge in [0.25, 0.3) is 0 Å². The lowest BCUT2D eigenvalue weighted by molar-refractivity contribution is 0.0800. The number of Topliss-reactive ketones (excluding diaryl/α,β-unsaturated/α-hetero) is 1. The van der Waals surface area contributed by atoms with Crippen LogP contribution < -0.4 is 4.74 Å². The summed E-state index contributed by atoms with van der Waals surface area (Å²) < 4.78 is 7.78. The number of carbonyl (C=O) groups is 1. The molecule has 38 heavy (non-hydrogen) atoms. The van der Waals surface area contributed by atoms with Crippen molar-refractivity contribution >= 4 is 5.78 Å². The third-order valence-corrected chi connectivity index (χ3v) is 7.13. The van der Waals surface area contributed by atoms with Crippen molar-refractivity contribution in [2.45, 2.75) is 51.7 Å². The Labute approximate surface area is 222 Å². The number of ether oxygens (including phenoxy) is 1. The minimum atomic E-state index is 0.0232. The van der Waals surface area contributed by atoms with Gasteiger partial charge in [-0.15, -0.1) is 0 Å². The molecule has 0 amide bonds. The van der Waals surface area contributed by atoms with Crippen molar-refractivity contribution in [3.05, 3.63) is 89.4 Å². The zero-order valence-corrected chi connectivity index (χ0v) is 21.9. The second kappa shape index (κ2) is 11.4. The molecule has 0 saturated carbocycles. The molecule has 0 saturated heterocycles. The van der Waals surface area contributed by atoms with Gasteiger partial charge in [0.05, 0.1) is 43.7 Å². The second-order valence-corrected chi connectivity index (χ2v) is 9.75. The molecule has 1 N–H and O–H groups in total. The van der Waals surface area contributed by atoms with Crippen LogP contribution in [0.2, 0.25) is 0 Å². The molecule has 1 atom stereocenters. The molecule has 8 nitrogen and oxygen atoms in total. The van der Waals surface area contributed by atoms with E-state index in [1.807, 2.05) is 36.4 Å². The highest BCUT2D eigenvalue weighted by molar-refractivity contribution is 5.95. The first-order valence-electron chi connectivity index (χ1n) is 13.1. The largest absolute Gasteiger partial charge is 0.496 e. The van der Waals surface area contributed by atoms with Crippen molar-refractivity contribution in [2.24, 2.45) is 0 Å². The number of nitriles is 1. The minimum Gasteiger partial charge on any atom is -0.496 e. The van der Waals surface area contributed by atoms with Gasteiger partial charge in [-0.05, 0) is 36.2 Å². The highest BCUT2D eigenvalue weighted by Crippen LogP contribution is 2.31. The summed E-state index contributed by atoms with van der Waals surface area (Å²) in [6.45, 7) is 3.92. The van der Waals surface area contributed by atoms with Crippen molar-refractivity contribution in [2.75, 3.05) is 13.7 Å². The van der Waals surface area contributed by atoms with E-state index < -0.39 is 0 Å². The van der Waals surface area contributed by atoms with Crippen LogP contribution in [0.5, 0.6) is 5.75 Å². The van der Waals surface area contributed by atoms with Crippen LogP contribution in [0.1, 0.15) is 59.5 Å². The maximum atomic E-state index is 13.3. The van der Waals surface area contributed by atoms with Crippen molar-refractivity contribution in [3.63, 3.8) is 0 Å². The molecule has 1 unspecified atom stereocenters. The van der Waals surface area contributed by atoms with E-state index in [0.717, 1.165) is 60.0 Å². The molecule has 2 aromatic heterocycles. The number of nitrogens with one attached hydrogen (secondary N) is 1. The second-order valence-electron chi connectivity index (χ2n) is 9.75. The number of H-pyrrole nitrogens is 1. The fourth-order valence-electron chi connectivity index (χ4n) is 5.03. The van der Waals surface area contributed by atoms with Crippen LogP contribution in [0.15, 0.2) is 60.9 Å². The van der Waals surface area contributed by atoms with Gasteiger partial charge in [-0.3, -0.25) is 9.69 Å². The zero-order chi connectivity index (χ0) is 26.5. The molecule has 0 aliphatic carbocycles. The number of unbranched alkanes of at least 4 members (excludes halogenated alkanes) is 1. The zero-order valence-electron chi connectivity index (χ0n) is 21.9. The molecule has 0 fully saturated rings. The van der Waals surface area contributed by atoms with E-state index in [1.165, 1.54) is 0 Å². The van der Waals surface area contributed by atoms with Gasteiger partial charge in [-0.1, -0.05) is 44.0 Å². The van der Waals surface area contributed by atoms with E-state index in [1.54, 1.807) is 25.4 Å². The van der Waals surface area contributed by atoms with Gasteiger partial charge < -0.3 is 14.3 Å². The molecule has 2 aromatic carbocycles. The van der Waals surface area contributed by atoms with Crippen LogP contribution in [0, 0.1) is 11.3 Å². The van der Waals surface area contributed by atoms with Crippen molar-refractivity contribution in [3.8, 4) is 23.1 Å². The molecule has 0 bridgehead atoms. The van der Waals surface area contributed by atoms with Crippen LogP contribution >= 0.6 is 0 Å². The maximum Gasteiger partial charge on any atom is 0.194 e. The highest BCUT2D eigenvalue weighted by Gasteiger charge is 2.30. The fourth-order valence-corrected chi connectivity index (χ4v) is 5.03. The number of hydrogen-bond acceptors (Lipinski definition) is 6. The van der Waals surface area contributed by atoms with E-state index >= 15 is 0 Å². The molecular formula is C30H32N6O2. The number of ketones is 1. The number of para-hydroxylation sites is 1. The Balaban J connectivity index is 1.31. The Kier molecular flexibility index (Phi) is 7.66. The molecule has 8 heteroatoms. The van der Waals surface area contributed by atoms with Crippen molar-refractivity contribution < 1.29 is 9.53 Å². The average Bonchev–Trinajstić information content (AvgIpc) is 3.59. The van der Waals surface area contributed by atoms with E-state index in [4.69, 9.17) is 15.0 Å². The number of aromatic nitrogens is 4. The molecule has 0 radical (unpaired) electrons. The number of hydrogen-bond donors (Lipinski definition) is 1. The summed E-state index contributed by atoms with van der Waals surface area (Å²) in [6, 6.07) is 17.7. The SMILES string of the molecule is CCCCC1Cn2cc(-c3ccccc3OC)nc2CN1CC(=O)c1cnc(Cc2ccc(C#N)cc2)[nH]1. The summed E-state index contributed by atoms with van der Waals surface area (Å²) in [6.07, 6.45) is 7.56. The number of benzene rings is 2. The Bertz CT molecular complexity index is 1450. The normalized spacial score (nSPS) is 15.1. The molecule has 1 aliphatic rings. The standard InChI is InChI=1S/C30H32N6O2/c1-3-4-7-23-17-36-18-26(24-8-5-6-9-28(24)38-2)34-30(36)20-35(23)19-27(37)25-16-32-29(33-25)14-21-10-12-22(15-31)13-11-21/h5-6,8-13,16,18,23H,3-4,7,14,17,19-20H2,1-2H3,(H,32,33). The van der Waals surface area contributed by atoms with E-state index in [2.05, 4.69) is 38.6 Å². The predicted octanol–water partition coefficient (Wildman–Crippen LogP) is 5.00. The summed E-state index contributed by atoms with van der Waals surface area (Å²) in [4.78, 5) is 28.1. The molecule has 3 heterocycles. The monoisotopic (exact) mass is 508 g/mol. The summed E-state index contributed by atoms with van der Waals surface area (Å²) in [5, 5.41) is 8.99. The summed E-state index contributed by atoms with van der Waals surface area (Å²) in [5.41, 5.74) is 4.04. The van der Waals surface area contributed by atoms with Gasteiger partial charge in [0.2, 0.25) is 0 Å². The number of carbonyl (C=O) groups excluding carboxylic acids is 1. The molecule has 1 aliphatic heterocycles. The van der Waals surface area contributed by atoms with Gasteiger partial charge in [-0.2, -0.15) is 5.26 Å². The van der Waals surface area contributed by atoms with Crippen LogP contribution in [0.4, 0.5) is 0 Å². The van der Waals surface area contributed by atoms with Crippen LogP contribution in [0.3, 0.4) is 0 Å². The quantitative estimate of drug-likeness (QED) is 0.303. The molecule has 5 rings (SSSR count). The first kappa shape index (κ1) is 25.4. The fraction of sp³-hybridized carbons (Fsp3) is 0.333. The van der Waals surface area contributed by atoms with Gasteiger partial charge in [0.1, 0.15) is 23.1 Å². The summed E-state index contributed by atoms with van der Waals surface area (Å²) in [7, 11) is 1.67. The van der Waals surface area contributed by atoms with E-state index in [9.17, 15) is 4.79 Å². The van der Waals surface area contributed by atoms with Crippen LogP contribution in [0.25, 0.3) is 11.3 Å². The minimum absolute atomic E-state index is 0.0232. The van der Waals surface area contributed by atoms with Gasteiger partial charge >= 0.3 is 0 Å². The first-order valence-corrected chi connectivity index (χ1v) is 13.1. The van der Waals surface area contributed by atoms with E-state index in [0.29, 0.717) is 30.8 Å². The third-order valence-electron chi connectivity index (χ3n) is 7.13. The third kappa shape index (κ3) is 5.53. The Morgan fingerprint density at radius 1 is 1.21 bits per heavy atom. The van der Waals surface area contributed by atoms with Gasteiger partial charge in [0, 0.05) is 30.8 Å². The maximum absolute atomic E-state index is 13.3. The average molecular weight is 509 g/mol. The Morgan fingerprint density at radius 3 is 2.79 bits per heavy atom. The lowest BCUT2D eigenvalue weighted by atomic mass is 10.1. The number of aromatic amines is 1. The number of imidazole rings is 2. The van der Waals surface area contributed by atoms with E-state index in [-0.39, 0.29) is 11.8 Å².